The molecule has 14 heavy (non-hydrogen) atoms. The minimum absolute atomic E-state index is 0.109. The second-order valence-corrected chi connectivity index (χ2v) is 4.93. The SMILES string of the molecule is CC(C)(C)c1ccnc2c1CC(=O)C2. The monoisotopic (exact) mass is 189 g/mol. The summed E-state index contributed by atoms with van der Waals surface area (Å²) >= 11 is 0. The Kier molecular flexibility index (Phi) is 1.95. The largest absolute Gasteiger partial charge is 0.299 e. The third-order valence-corrected chi connectivity index (χ3v) is 2.69. The average Bonchev–Trinajstić information content (AvgIpc) is 2.41. The van der Waals surface area contributed by atoms with E-state index in [2.05, 4.69) is 25.8 Å². The molecule has 1 aliphatic rings. The van der Waals surface area contributed by atoms with Crippen molar-refractivity contribution in [2.75, 3.05) is 0 Å². The highest BCUT2D eigenvalue weighted by atomic mass is 16.1. The van der Waals surface area contributed by atoms with Crippen molar-refractivity contribution in [3.63, 3.8) is 0 Å². The van der Waals surface area contributed by atoms with Gasteiger partial charge in [0.2, 0.25) is 0 Å². The van der Waals surface area contributed by atoms with Gasteiger partial charge in [-0.3, -0.25) is 9.78 Å². The molecule has 0 saturated heterocycles. The van der Waals surface area contributed by atoms with Gasteiger partial charge in [0, 0.05) is 19.0 Å². The Labute approximate surface area is 84.4 Å². The summed E-state index contributed by atoms with van der Waals surface area (Å²) < 4.78 is 0. The van der Waals surface area contributed by atoms with E-state index in [0.29, 0.717) is 18.6 Å². The van der Waals surface area contributed by atoms with Crippen molar-refractivity contribution < 1.29 is 4.79 Å². The number of aromatic nitrogens is 1. The molecule has 0 fully saturated rings. The van der Waals surface area contributed by atoms with Crippen LogP contribution >= 0.6 is 0 Å². The minimum Gasteiger partial charge on any atom is -0.299 e. The molecule has 1 heterocycles. The Balaban J connectivity index is 2.55. The molecule has 0 atom stereocenters. The first-order chi connectivity index (χ1) is 6.48. The standard InChI is InChI=1S/C12H15NO/c1-12(2,3)10-4-5-13-11-7-8(14)6-9(10)11/h4-5H,6-7H2,1-3H3. The van der Waals surface area contributed by atoms with E-state index in [-0.39, 0.29) is 5.41 Å². The van der Waals surface area contributed by atoms with Crippen LogP contribution in [0.15, 0.2) is 12.3 Å². The highest BCUT2D eigenvalue weighted by Gasteiger charge is 2.27. The molecule has 0 aliphatic heterocycles. The van der Waals surface area contributed by atoms with Gasteiger partial charge in [0.1, 0.15) is 5.78 Å². The highest BCUT2D eigenvalue weighted by Crippen LogP contribution is 2.30. The number of nitrogens with zero attached hydrogens (tertiary/aromatic N) is 1. The fraction of sp³-hybridized carbons (Fsp3) is 0.500. The lowest BCUT2D eigenvalue weighted by Gasteiger charge is -2.21. The van der Waals surface area contributed by atoms with Gasteiger partial charge in [-0.05, 0) is 22.6 Å². The molecule has 0 saturated carbocycles. The van der Waals surface area contributed by atoms with Crippen molar-refractivity contribution in [1.82, 2.24) is 4.98 Å². The maximum Gasteiger partial charge on any atom is 0.143 e. The van der Waals surface area contributed by atoms with Crippen LogP contribution < -0.4 is 0 Å². The molecule has 0 spiro atoms. The fourth-order valence-corrected chi connectivity index (χ4v) is 2.03. The first-order valence-corrected chi connectivity index (χ1v) is 4.97. The van der Waals surface area contributed by atoms with Crippen molar-refractivity contribution in [2.45, 2.75) is 39.0 Å². The molecule has 0 bridgehead atoms. The zero-order valence-corrected chi connectivity index (χ0v) is 8.92. The van der Waals surface area contributed by atoms with Crippen LogP contribution in [0.5, 0.6) is 0 Å². The molecule has 1 aliphatic carbocycles. The van der Waals surface area contributed by atoms with E-state index < -0.39 is 0 Å². The lowest BCUT2D eigenvalue weighted by atomic mass is 9.84. The fourth-order valence-electron chi connectivity index (χ4n) is 2.03. The quantitative estimate of drug-likeness (QED) is 0.625. The van der Waals surface area contributed by atoms with Crippen molar-refractivity contribution >= 4 is 5.78 Å². The zero-order valence-electron chi connectivity index (χ0n) is 8.92. The van der Waals surface area contributed by atoms with Crippen LogP contribution in [-0.4, -0.2) is 10.8 Å². The molecule has 0 N–H and O–H groups in total. The molecule has 2 heteroatoms. The molecule has 0 unspecified atom stereocenters. The number of Topliss-reactive ketones (excluding diaryl/α,β-unsaturated/α-hetero) is 1. The summed E-state index contributed by atoms with van der Waals surface area (Å²) in [5.41, 5.74) is 3.54. The Morgan fingerprint density at radius 3 is 2.64 bits per heavy atom. The maximum absolute atomic E-state index is 11.3. The number of carbonyl (C=O) groups excluding carboxylic acids is 1. The van der Waals surface area contributed by atoms with Gasteiger partial charge in [-0.15, -0.1) is 0 Å². The average molecular weight is 189 g/mol. The van der Waals surface area contributed by atoms with Gasteiger partial charge < -0.3 is 0 Å². The van der Waals surface area contributed by atoms with Crippen molar-refractivity contribution in [1.29, 1.82) is 0 Å². The molecule has 1 aromatic heterocycles. The van der Waals surface area contributed by atoms with E-state index in [9.17, 15) is 4.79 Å². The number of hydrogen-bond acceptors (Lipinski definition) is 2. The number of pyridine rings is 1. The first-order valence-electron chi connectivity index (χ1n) is 4.97. The number of ketones is 1. The highest BCUT2D eigenvalue weighted by molar-refractivity contribution is 5.87. The first kappa shape index (κ1) is 9.38. The smallest absolute Gasteiger partial charge is 0.143 e. The molecular formula is C12H15NO. The van der Waals surface area contributed by atoms with Crippen LogP contribution in [0.4, 0.5) is 0 Å². The zero-order chi connectivity index (χ0) is 10.3. The van der Waals surface area contributed by atoms with Gasteiger partial charge in [-0.25, -0.2) is 0 Å². The van der Waals surface area contributed by atoms with E-state index in [4.69, 9.17) is 0 Å². The van der Waals surface area contributed by atoms with Crippen molar-refractivity contribution in [3.05, 3.63) is 29.1 Å². The van der Waals surface area contributed by atoms with Gasteiger partial charge in [0.05, 0.1) is 5.69 Å². The van der Waals surface area contributed by atoms with E-state index in [1.165, 1.54) is 11.1 Å². The third kappa shape index (κ3) is 1.45. The van der Waals surface area contributed by atoms with E-state index >= 15 is 0 Å². The van der Waals surface area contributed by atoms with Crippen molar-refractivity contribution in [2.24, 2.45) is 0 Å². The Hall–Kier alpha value is -1.18. The summed E-state index contributed by atoms with van der Waals surface area (Å²) in [7, 11) is 0. The Morgan fingerprint density at radius 1 is 1.29 bits per heavy atom. The normalized spacial score (nSPS) is 15.8. The molecule has 2 rings (SSSR count). The van der Waals surface area contributed by atoms with Gasteiger partial charge in [-0.1, -0.05) is 20.8 Å². The van der Waals surface area contributed by atoms with Crippen LogP contribution in [0.3, 0.4) is 0 Å². The van der Waals surface area contributed by atoms with Gasteiger partial charge in [0.15, 0.2) is 0 Å². The minimum atomic E-state index is 0.109. The number of fused-ring (bicyclic) bond motifs is 1. The topological polar surface area (TPSA) is 30.0 Å². The van der Waals surface area contributed by atoms with Gasteiger partial charge in [-0.2, -0.15) is 0 Å². The van der Waals surface area contributed by atoms with Crippen LogP contribution in [0.2, 0.25) is 0 Å². The molecule has 0 radical (unpaired) electrons. The molecule has 0 aromatic carbocycles. The van der Waals surface area contributed by atoms with Gasteiger partial charge in [0.25, 0.3) is 0 Å². The second-order valence-electron chi connectivity index (χ2n) is 4.93. The predicted molar refractivity (Wildman–Crippen MR) is 55.4 cm³/mol. The molecule has 0 amide bonds. The Bertz CT molecular complexity index is 388. The predicted octanol–water partition coefficient (Wildman–Crippen LogP) is 2.05. The number of rotatable bonds is 0. The lowest BCUT2D eigenvalue weighted by molar-refractivity contribution is -0.117. The maximum atomic E-state index is 11.3. The molecular weight excluding hydrogens is 174 g/mol. The summed E-state index contributed by atoms with van der Waals surface area (Å²) in [5.74, 6) is 0.296. The van der Waals surface area contributed by atoms with Crippen LogP contribution in [0, 0.1) is 0 Å². The summed E-state index contributed by atoms with van der Waals surface area (Å²) in [6.07, 6.45) is 2.92. The van der Waals surface area contributed by atoms with Gasteiger partial charge >= 0.3 is 0 Å². The molecule has 74 valence electrons. The summed E-state index contributed by atoms with van der Waals surface area (Å²) in [5, 5.41) is 0. The van der Waals surface area contributed by atoms with Crippen LogP contribution in [0.25, 0.3) is 0 Å². The number of hydrogen-bond donors (Lipinski definition) is 0. The molecule has 2 nitrogen and oxygen atoms in total. The number of carbonyl (C=O) groups is 1. The van der Waals surface area contributed by atoms with E-state index in [1.54, 1.807) is 0 Å². The Morgan fingerprint density at radius 2 is 2.00 bits per heavy atom. The van der Waals surface area contributed by atoms with E-state index in [1.807, 2.05) is 12.3 Å². The van der Waals surface area contributed by atoms with Crippen molar-refractivity contribution in [3.8, 4) is 0 Å². The van der Waals surface area contributed by atoms with Crippen LogP contribution in [0.1, 0.15) is 37.6 Å². The van der Waals surface area contributed by atoms with Crippen LogP contribution in [-0.2, 0) is 23.1 Å². The summed E-state index contributed by atoms with van der Waals surface area (Å²) in [4.78, 5) is 15.6. The second kappa shape index (κ2) is 2.91. The third-order valence-electron chi connectivity index (χ3n) is 2.69. The molecule has 1 aromatic rings. The summed E-state index contributed by atoms with van der Waals surface area (Å²) in [6, 6.07) is 2.04. The lowest BCUT2D eigenvalue weighted by Crippen LogP contribution is -2.14. The summed E-state index contributed by atoms with van der Waals surface area (Å²) in [6.45, 7) is 6.52. The van der Waals surface area contributed by atoms with E-state index in [0.717, 1.165) is 5.69 Å².